The van der Waals surface area contributed by atoms with E-state index in [0.29, 0.717) is 11.8 Å². The lowest BCUT2D eigenvalue weighted by atomic mass is 10.2. The molecular weight excluding hydrogens is 310 g/mol. The topological polar surface area (TPSA) is 70.2 Å². The highest BCUT2D eigenvalue weighted by atomic mass is 32.2. The quantitative estimate of drug-likeness (QED) is 0.667. The molecular formula is C17H27N3O2S. The van der Waals surface area contributed by atoms with Gasteiger partial charge in [0.15, 0.2) is 0 Å². The van der Waals surface area contributed by atoms with Crippen LogP contribution in [0.25, 0.3) is 0 Å². The fraction of sp³-hybridized carbons (Fsp3) is 0.529. The Balaban J connectivity index is 2.63. The molecule has 5 nitrogen and oxygen atoms in total. The fourth-order valence-corrected chi connectivity index (χ4v) is 2.94. The van der Waals surface area contributed by atoms with Gasteiger partial charge in [0, 0.05) is 22.4 Å². The van der Waals surface area contributed by atoms with Gasteiger partial charge in [-0.15, -0.1) is 11.8 Å². The number of urea groups is 1. The van der Waals surface area contributed by atoms with Crippen molar-refractivity contribution in [1.82, 2.24) is 10.6 Å². The Labute approximate surface area is 143 Å². The average Bonchev–Trinajstić information content (AvgIpc) is 2.50. The summed E-state index contributed by atoms with van der Waals surface area (Å²) in [6.45, 7) is 10.4. The van der Waals surface area contributed by atoms with E-state index < -0.39 is 6.04 Å². The zero-order valence-electron chi connectivity index (χ0n) is 14.5. The first-order chi connectivity index (χ1) is 10.9. The molecule has 3 N–H and O–H groups in total. The Morgan fingerprint density at radius 2 is 1.91 bits per heavy atom. The minimum absolute atomic E-state index is 0.195. The number of benzene rings is 1. The molecule has 0 spiro atoms. The first kappa shape index (κ1) is 19.4. The Hall–Kier alpha value is -1.69. The van der Waals surface area contributed by atoms with E-state index in [1.54, 1.807) is 6.92 Å². The number of nitrogens with one attached hydrogen (secondary N) is 3. The second-order valence-corrected chi connectivity index (χ2v) is 7.04. The predicted molar refractivity (Wildman–Crippen MR) is 97.1 cm³/mol. The largest absolute Gasteiger partial charge is 0.355 e. The summed E-state index contributed by atoms with van der Waals surface area (Å²) >= 11 is 1.82. The third-order valence-electron chi connectivity index (χ3n) is 3.45. The molecule has 0 aliphatic rings. The number of likely N-dealkylation sites (N-methyl/N-ethyl adjacent to an activating group) is 1. The number of anilines is 1. The van der Waals surface area contributed by atoms with Crippen LogP contribution in [0.3, 0.4) is 0 Å². The summed E-state index contributed by atoms with van der Waals surface area (Å²) in [5, 5.41) is 8.66. The Kier molecular flexibility index (Phi) is 7.95. The average molecular weight is 337 g/mol. The van der Waals surface area contributed by atoms with Crippen molar-refractivity contribution >= 4 is 29.4 Å². The first-order valence-electron chi connectivity index (χ1n) is 7.99. The molecule has 0 bridgehead atoms. The summed E-state index contributed by atoms with van der Waals surface area (Å²) in [5.74, 6) is -0.195. The highest BCUT2D eigenvalue weighted by molar-refractivity contribution is 7.99. The lowest BCUT2D eigenvalue weighted by molar-refractivity contribution is -0.122. The zero-order chi connectivity index (χ0) is 17.4. The number of thioether (sulfide) groups is 1. The molecule has 23 heavy (non-hydrogen) atoms. The molecule has 1 rings (SSSR count). The summed E-state index contributed by atoms with van der Waals surface area (Å²) in [7, 11) is 0. The summed E-state index contributed by atoms with van der Waals surface area (Å²) < 4.78 is 0. The molecule has 3 amide bonds. The van der Waals surface area contributed by atoms with Crippen LogP contribution in [-0.2, 0) is 4.79 Å². The lowest BCUT2D eigenvalue weighted by Gasteiger charge is -2.16. The molecule has 0 heterocycles. The van der Waals surface area contributed by atoms with Gasteiger partial charge in [0.25, 0.3) is 0 Å². The number of hydrogen-bond acceptors (Lipinski definition) is 3. The number of aryl methyl sites for hydroxylation is 1. The van der Waals surface area contributed by atoms with Crippen LogP contribution in [0.2, 0.25) is 0 Å². The third kappa shape index (κ3) is 6.52. The maximum absolute atomic E-state index is 12.0. The van der Waals surface area contributed by atoms with Gasteiger partial charge in [0.2, 0.25) is 5.91 Å². The van der Waals surface area contributed by atoms with E-state index in [1.807, 2.05) is 37.7 Å². The predicted octanol–water partition coefficient (Wildman–Crippen LogP) is 3.53. The molecule has 0 fully saturated rings. The minimum Gasteiger partial charge on any atom is -0.355 e. The van der Waals surface area contributed by atoms with E-state index in [1.165, 1.54) is 4.90 Å². The van der Waals surface area contributed by atoms with Crippen LogP contribution in [0, 0.1) is 6.92 Å². The normalized spacial score (nSPS) is 13.1. The summed E-state index contributed by atoms with van der Waals surface area (Å²) in [6, 6.07) is 5.02. The van der Waals surface area contributed by atoms with Crippen molar-refractivity contribution in [2.24, 2.45) is 0 Å². The molecule has 0 saturated carbocycles. The van der Waals surface area contributed by atoms with Crippen molar-refractivity contribution in [2.75, 3.05) is 11.9 Å². The van der Waals surface area contributed by atoms with Gasteiger partial charge in [0.05, 0.1) is 0 Å². The second-order valence-electron chi connectivity index (χ2n) is 5.53. The molecule has 0 aromatic heterocycles. The van der Waals surface area contributed by atoms with Crippen LogP contribution in [-0.4, -0.2) is 29.8 Å². The summed E-state index contributed by atoms with van der Waals surface area (Å²) in [4.78, 5) is 24.8. The van der Waals surface area contributed by atoms with Crippen LogP contribution >= 0.6 is 11.8 Å². The van der Waals surface area contributed by atoms with Gasteiger partial charge in [-0.3, -0.25) is 4.79 Å². The first-order valence-corrected chi connectivity index (χ1v) is 8.87. The maximum Gasteiger partial charge on any atom is 0.319 e. The number of carbonyl (C=O) groups excluding carboxylic acids is 2. The van der Waals surface area contributed by atoms with E-state index in [2.05, 4.69) is 35.9 Å². The number of rotatable bonds is 7. The number of carbonyl (C=O) groups is 2. The molecule has 1 aromatic rings. The SMILES string of the molecule is CCNC(=O)C(C)NC(=O)Nc1ccc(SC(C)CC)cc1C. The summed E-state index contributed by atoms with van der Waals surface area (Å²) in [6.07, 6.45) is 1.11. The van der Waals surface area contributed by atoms with E-state index in [4.69, 9.17) is 0 Å². The number of hydrogen-bond donors (Lipinski definition) is 3. The minimum atomic E-state index is -0.574. The molecule has 2 atom stereocenters. The third-order valence-corrected chi connectivity index (χ3v) is 4.71. The summed E-state index contributed by atoms with van der Waals surface area (Å²) in [5.41, 5.74) is 1.75. The van der Waals surface area contributed by atoms with Gasteiger partial charge in [0.1, 0.15) is 6.04 Å². The Morgan fingerprint density at radius 3 is 2.48 bits per heavy atom. The molecule has 128 valence electrons. The molecule has 0 saturated heterocycles. The van der Waals surface area contributed by atoms with Crippen LogP contribution in [0.1, 0.15) is 39.7 Å². The van der Waals surface area contributed by atoms with Crippen molar-refractivity contribution in [3.8, 4) is 0 Å². The van der Waals surface area contributed by atoms with Crippen LogP contribution < -0.4 is 16.0 Å². The van der Waals surface area contributed by atoms with Crippen LogP contribution in [0.15, 0.2) is 23.1 Å². The lowest BCUT2D eigenvalue weighted by Crippen LogP contribution is -2.46. The van der Waals surface area contributed by atoms with Crippen LogP contribution in [0.4, 0.5) is 10.5 Å². The van der Waals surface area contributed by atoms with Crippen molar-refractivity contribution in [3.63, 3.8) is 0 Å². The van der Waals surface area contributed by atoms with Gasteiger partial charge >= 0.3 is 6.03 Å². The van der Waals surface area contributed by atoms with Crippen molar-refractivity contribution < 1.29 is 9.59 Å². The van der Waals surface area contributed by atoms with E-state index >= 15 is 0 Å². The van der Waals surface area contributed by atoms with Gasteiger partial charge in [-0.05, 0) is 51.0 Å². The van der Waals surface area contributed by atoms with E-state index in [0.717, 1.165) is 17.7 Å². The molecule has 0 radical (unpaired) electrons. The monoisotopic (exact) mass is 337 g/mol. The number of amides is 3. The maximum atomic E-state index is 12.0. The van der Waals surface area contributed by atoms with Crippen molar-refractivity contribution in [2.45, 2.75) is 57.2 Å². The van der Waals surface area contributed by atoms with Gasteiger partial charge in [-0.1, -0.05) is 13.8 Å². The van der Waals surface area contributed by atoms with E-state index in [9.17, 15) is 9.59 Å². The smallest absolute Gasteiger partial charge is 0.319 e. The molecule has 2 unspecified atom stereocenters. The van der Waals surface area contributed by atoms with Gasteiger partial charge < -0.3 is 16.0 Å². The van der Waals surface area contributed by atoms with E-state index in [-0.39, 0.29) is 11.9 Å². The van der Waals surface area contributed by atoms with Crippen molar-refractivity contribution in [1.29, 1.82) is 0 Å². The molecule has 6 heteroatoms. The Morgan fingerprint density at radius 1 is 1.22 bits per heavy atom. The van der Waals surface area contributed by atoms with Crippen molar-refractivity contribution in [3.05, 3.63) is 23.8 Å². The molecule has 0 aliphatic heterocycles. The Bertz CT molecular complexity index is 549. The molecule has 0 aliphatic carbocycles. The van der Waals surface area contributed by atoms with Gasteiger partial charge in [-0.2, -0.15) is 0 Å². The highest BCUT2D eigenvalue weighted by Gasteiger charge is 2.15. The zero-order valence-corrected chi connectivity index (χ0v) is 15.3. The molecule has 1 aromatic carbocycles. The standard InChI is InChI=1S/C17H27N3O2S/c1-6-12(4)23-14-8-9-15(11(3)10-14)20-17(22)19-13(5)16(21)18-7-2/h8-10,12-13H,6-7H2,1-5H3,(H,18,21)(H2,19,20,22). The fourth-order valence-electron chi connectivity index (χ4n) is 1.91. The van der Waals surface area contributed by atoms with Crippen LogP contribution in [0.5, 0.6) is 0 Å². The second kappa shape index (κ2) is 9.45. The van der Waals surface area contributed by atoms with Gasteiger partial charge in [-0.25, -0.2) is 4.79 Å². The highest BCUT2D eigenvalue weighted by Crippen LogP contribution is 2.28.